The summed E-state index contributed by atoms with van der Waals surface area (Å²) in [7, 11) is 0. The Morgan fingerprint density at radius 3 is 2.96 bits per heavy atom. The Kier molecular flexibility index (Phi) is 3.38. The summed E-state index contributed by atoms with van der Waals surface area (Å²) in [5, 5.41) is 17.8. The second kappa shape index (κ2) is 5.68. The fourth-order valence-corrected chi connectivity index (χ4v) is 2.77. The van der Waals surface area contributed by atoms with Gasteiger partial charge in [-0.1, -0.05) is 18.2 Å². The first-order valence-corrected chi connectivity index (χ1v) is 7.53. The average molecular weight is 309 g/mol. The number of benzene rings is 1. The van der Waals surface area contributed by atoms with E-state index in [2.05, 4.69) is 25.7 Å². The molecule has 1 aliphatic carbocycles. The topological polar surface area (TPSA) is 96.7 Å². The summed E-state index contributed by atoms with van der Waals surface area (Å²) >= 11 is 0. The van der Waals surface area contributed by atoms with Crippen LogP contribution in [0.5, 0.6) is 0 Å². The van der Waals surface area contributed by atoms with Crippen molar-refractivity contribution in [1.82, 2.24) is 25.7 Å². The number of rotatable bonds is 4. The Hall–Kier alpha value is -2.96. The Morgan fingerprint density at radius 1 is 1.22 bits per heavy atom. The summed E-state index contributed by atoms with van der Waals surface area (Å²) in [6.07, 6.45) is 2.92. The van der Waals surface area contributed by atoms with E-state index in [1.165, 1.54) is 0 Å². The zero-order valence-electron chi connectivity index (χ0n) is 12.4. The molecule has 0 bridgehead atoms. The molecule has 116 valence electrons. The van der Waals surface area contributed by atoms with E-state index < -0.39 is 0 Å². The number of hydrogen-bond donors (Lipinski definition) is 2. The predicted octanol–water partition coefficient (Wildman–Crippen LogP) is 1.88. The molecule has 1 amide bonds. The number of carbonyl (C=O) groups is 1. The van der Waals surface area contributed by atoms with E-state index in [1.54, 1.807) is 0 Å². The van der Waals surface area contributed by atoms with Crippen molar-refractivity contribution in [2.45, 2.75) is 25.8 Å². The predicted molar refractivity (Wildman–Crippen MR) is 81.5 cm³/mol. The Bertz CT molecular complexity index is 837. The van der Waals surface area contributed by atoms with Crippen LogP contribution in [0.4, 0.5) is 0 Å². The maximum absolute atomic E-state index is 12.2. The van der Waals surface area contributed by atoms with E-state index in [-0.39, 0.29) is 12.5 Å². The lowest BCUT2D eigenvalue weighted by molar-refractivity contribution is 0.0941. The number of aryl methyl sites for hydroxylation is 1. The number of nitrogens with one attached hydrogen (secondary N) is 2. The van der Waals surface area contributed by atoms with Crippen molar-refractivity contribution >= 4 is 5.91 Å². The first-order chi connectivity index (χ1) is 11.3. The number of aromatic nitrogens is 4. The standard InChI is InChI=1S/C16H15N5O2/c22-15(14-11-7-4-8-12(11)18-20-14)17-9-13-19-21-16(23-13)10-5-2-1-3-6-10/h1-3,5-6H,4,7-9H2,(H,17,22)(H,18,20). The van der Waals surface area contributed by atoms with Crippen molar-refractivity contribution in [3.8, 4) is 11.5 Å². The van der Waals surface area contributed by atoms with Gasteiger partial charge in [-0.3, -0.25) is 9.89 Å². The highest BCUT2D eigenvalue weighted by Gasteiger charge is 2.23. The number of amides is 1. The zero-order chi connectivity index (χ0) is 15.6. The van der Waals surface area contributed by atoms with Gasteiger partial charge in [0.25, 0.3) is 5.91 Å². The third-order valence-electron chi connectivity index (χ3n) is 3.91. The van der Waals surface area contributed by atoms with Gasteiger partial charge in [0.15, 0.2) is 5.69 Å². The SMILES string of the molecule is O=C(NCc1nnc(-c2ccccc2)o1)c1n[nH]c2c1CCC2. The zero-order valence-corrected chi connectivity index (χ0v) is 12.4. The quantitative estimate of drug-likeness (QED) is 0.767. The fourth-order valence-electron chi connectivity index (χ4n) is 2.77. The van der Waals surface area contributed by atoms with Crippen molar-refractivity contribution in [3.05, 3.63) is 53.2 Å². The van der Waals surface area contributed by atoms with Gasteiger partial charge in [0.1, 0.15) is 0 Å². The lowest BCUT2D eigenvalue weighted by Gasteiger charge is -2.01. The van der Waals surface area contributed by atoms with Gasteiger partial charge in [-0.25, -0.2) is 0 Å². The number of aromatic amines is 1. The Balaban J connectivity index is 1.43. The largest absolute Gasteiger partial charge is 0.419 e. The second-order valence-electron chi connectivity index (χ2n) is 5.43. The summed E-state index contributed by atoms with van der Waals surface area (Å²) in [5.74, 6) is 0.587. The highest BCUT2D eigenvalue weighted by molar-refractivity contribution is 5.94. The van der Waals surface area contributed by atoms with Crippen LogP contribution in [-0.2, 0) is 19.4 Å². The molecule has 2 heterocycles. The fraction of sp³-hybridized carbons (Fsp3) is 0.250. The minimum absolute atomic E-state index is 0.181. The van der Waals surface area contributed by atoms with Gasteiger partial charge in [-0.15, -0.1) is 10.2 Å². The smallest absolute Gasteiger partial charge is 0.272 e. The monoisotopic (exact) mass is 309 g/mol. The molecule has 0 saturated heterocycles. The molecule has 0 unspecified atom stereocenters. The van der Waals surface area contributed by atoms with Crippen LogP contribution in [0.2, 0.25) is 0 Å². The molecule has 4 rings (SSSR count). The molecule has 0 atom stereocenters. The van der Waals surface area contributed by atoms with E-state index in [0.29, 0.717) is 17.5 Å². The number of hydrogen-bond acceptors (Lipinski definition) is 5. The van der Waals surface area contributed by atoms with Crippen LogP contribution in [-0.4, -0.2) is 26.3 Å². The molecule has 7 nitrogen and oxygen atoms in total. The second-order valence-corrected chi connectivity index (χ2v) is 5.43. The summed E-state index contributed by atoms with van der Waals surface area (Å²) in [4.78, 5) is 12.2. The van der Waals surface area contributed by atoms with Crippen molar-refractivity contribution in [2.75, 3.05) is 0 Å². The molecule has 0 aliphatic heterocycles. The molecule has 3 aromatic rings. The molecular formula is C16H15N5O2. The highest BCUT2D eigenvalue weighted by atomic mass is 16.4. The van der Waals surface area contributed by atoms with E-state index >= 15 is 0 Å². The number of nitrogens with zero attached hydrogens (tertiary/aromatic N) is 3. The lowest BCUT2D eigenvalue weighted by atomic mass is 10.2. The van der Waals surface area contributed by atoms with E-state index in [9.17, 15) is 4.79 Å². The number of H-pyrrole nitrogens is 1. The first kappa shape index (κ1) is 13.7. The maximum Gasteiger partial charge on any atom is 0.272 e. The van der Waals surface area contributed by atoms with Crippen LogP contribution in [0.15, 0.2) is 34.7 Å². The minimum Gasteiger partial charge on any atom is -0.419 e. The van der Waals surface area contributed by atoms with Crippen LogP contribution in [0.3, 0.4) is 0 Å². The van der Waals surface area contributed by atoms with E-state index in [4.69, 9.17) is 4.42 Å². The molecule has 2 N–H and O–H groups in total. The highest BCUT2D eigenvalue weighted by Crippen LogP contribution is 2.22. The van der Waals surface area contributed by atoms with Crippen molar-refractivity contribution < 1.29 is 9.21 Å². The van der Waals surface area contributed by atoms with Crippen molar-refractivity contribution in [1.29, 1.82) is 0 Å². The molecule has 0 saturated carbocycles. The van der Waals surface area contributed by atoms with Gasteiger partial charge in [-0.2, -0.15) is 5.10 Å². The van der Waals surface area contributed by atoms with Crippen molar-refractivity contribution in [3.63, 3.8) is 0 Å². The molecule has 1 aliphatic rings. The third-order valence-corrected chi connectivity index (χ3v) is 3.91. The van der Waals surface area contributed by atoms with E-state index in [1.807, 2.05) is 30.3 Å². The van der Waals surface area contributed by atoms with Gasteiger partial charge < -0.3 is 9.73 Å². The molecular weight excluding hydrogens is 294 g/mol. The summed E-state index contributed by atoms with van der Waals surface area (Å²) in [6.45, 7) is 0.181. The van der Waals surface area contributed by atoms with Gasteiger partial charge in [0.05, 0.1) is 6.54 Å². The molecule has 7 heteroatoms. The average Bonchev–Trinajstić information content (AvgIpc) is 3.29. The molecule has 2 aromatic heterocycles. The van der Waals surface area contributed by atoms with Gasteiger partial charge in [-0.05, 0) is 31.4 Å². The number of carbonyl (C=O) groups excluding carboxylic acids is 1. The van der Waals surface area contributed by atoms with Crippen molar-refractivity contribution in [2.24, 2.45) is 0 Å². The van der Waals surface area contributed by atoms with Gasteiger partial charge in [0, 0.05) is 16.8 Å². The van der Waals surface area contributed by atoms with Crippen LogP contribution in [0.1, 0.15) is 34.1 Å². The Labute approximate surface area is 132 Å². The van der Waals surface area contributed by atoms with Crippen LogP contribution >= 0.6 is 0 Å². The number of fused-ring (bicyclic) bond motifs is 1. The minimum atomic E-state index is -0.219. The summed E-state index contributed by atoms with van der Waals surface area (Å²) < 4.78 is 5.56. The summed E-state index contributed by atoms with van der Waals surface area (Å²) in [6, 6.07) is 9.51. The van der Waals surface area contributed by atoms with Crippen LogP contribution in [0.25, 0.3) is 11.5 Å². The van der Waals surface area contributed by atoms with Crippen LogP contribution < -0.4 is 5.32 Å². The maximum atomic E-state index is 12.2. The normalized spacial score (nSPS) is 13.0. The third kappa shape index (κ3) is 2.61. The molecule has 0 radical (unpaired) electrons. The lowest BCUT2D eigenvalue weighted by Crippen LogP contribution is -2.24. The Morgan fingerprint density at radius 2 is 2.09 bits per heavy atom. The van der Waals surface area contributed by atoms with Crippen LogP contribution in [0, 0.1) is 0 Å². The first-order valence-electron chi connectivity index (χ1n) is 7.53. The summed E-state index contributed by atoms with van der Waals surface area (Å²) in [5.41, 5.74) is 3.42. The van der Waals surface area contributed by atoms with E-state index in [0.717, 1.165) is 36.1 Å². The van der Waals surface area contributed by atoms with Gasteiger partial charge >= 0.3 is 0 Å². The van der Waals surface area contributed by atoms with Gasteiger partial charge in [0.2, 0.25) is 11.8 Å². The molecule has 0 fully saturated rings. The molecule has 23 heavy (non-hydrogen) atoms. The molecule has 0 spiro atoms. The molecule has 1 aromatic carbocycles.